The van der Waals surface area contributed by atoms with E-state index in [-0.39, 0.29) is 5.02 Å². The topological polar surface area (TPSA) is 92.5 Å². The Morgan fingerprint density at radius 2 is 1.93 bits per heavy atom. The van der Waals surface area contributed by atoms with Crippen molar-refractivity contribution < 1.29 is 4.39 Å². The molecule has 0 atom stereocenters. The third-order valence-corrected chi connectivity index (χ3v) is 5.54. The molecule has 6 nitrogen and oxygen atoms in total. The van der Waals surface area contributed by atoms with E-state index in [4.69, 9.17) is 17.3 Å². The maximum atomic E-state index is 13.3. The smallest absolute Gasteiger partial charge is 0.229 e. The van der Waals surface area contributed by atoms with Crippen molar-refractivity contribution in [2.24, 2.45) is 0 Å². The Balaban J connectivity index is 1.47. The Hall–Kier alpha value is -2.71. The molecular formula is C20H17BrClFN6. The second kappa shape index (κ2) is 8.34. The zero-order valence-electron chi connectivity index (χ0n) is 15.2. The molecule has 0 fully saturated rings. The SMILES string of the molecule is Nc1nc(Nc2ccc(F)c(Cl)c2)nc(CCCc2nc3ccccc3[nH]2)c1Br. The summed E-state index contributed by atoms with van der Waals surface area (Å²) in [5, 5.41) is 3.03. The van der Waals surface area contributed by atoms with E-state index in [1.54, 1.807) is 6.07 Å². The van der Waals surface area contributed by atoms with Crippen LogP contribution in [-0.4, -0.2) is 19.9 Å². The first-order chi connectivity index (χ1) is 14.0. The van der Waals surface area contributed by atoms with Crippen LogP contribution in [0.25, 0.3) is 11.0 Å². The number of nitrogens with two attached hydrogens (primary N) is 1. The maximum Gasteiger partial charge on any atom is 0.229 e. The van der Waals surface area contributed by atoms with E-state index in [0.29, 0.717) is 28.3 Å². The predicted molar refractivity (Wildman–Crippen MR) is 117 cm³/mol. The molecule has 0 spiro atoms. The minimum absolute atomic E-state index is 0.0196. The number of fused-ring (bicyclic) bond motifs is 1. The molecular weight excluding hydrogens is 459 g/mol. The Morgan fingerprint density at radius 1 is 1.10 bits per heavy atom. The fraction of sp³-hybridized carbons (Fsp3) is 0.150. The zero-order valence-corrected chi connectivity index (χ0v) is 17.6. The summed E-state index contributed by atoms with van der Waals surface area (Å²) in [5.41, 5.74) is 9.36. The lowest BCUT2D eigenvalue weighted by atomic mass is 10.2. The van der Waals surface area contributed by atoms with E-state index < -0.39 is 5.82 Å². The molecule has 29 heavy (non-hydrogen) atoms. The van der Waals surface area contributed by atoms with Gasteiger partial charge < -0.3 is 16.0 Å². The molecule has 0 bridgehead atoms. The van der Waals surface area contributed by atoms with E-state index in [1.165, 1.54) is 12.1 Å². The number of nitrogen functional groups attached to an aromatic ring is 1. The first-order valence-corrected chi connectivity index (χ1v) is 10.1. The van der Waals surface area contributed by atoms with E-state index in [9.17, 15) is 4.39 Å². The number of hydrogen-bond donors (Lipinski definition) is 3. The minimum atomic E-state index is -0.486. The lowest BCUT2D eigenvalue weighted by Gasteiger charge is -2.11. The van der Waals surface area contributed by atoms with Gasteiger partial charge in [-0.05, 0) is 59.1 Å². The van der Waals surface area contributed by atoms with Crippen LogP contribution in [0.2, 0.25) is 5.02 Å². The lowest BCUT2D eigenvalue weighted by Crippen LogP contribution is -2.06. The van der Waals surface area contributed by atoms with Crippen LogP contribution < -0.4 is 11.1 Å². The average Bonchev–Trinajstić information content (AvgIpc) is 3.11. The number of anilines is 3. The molecule has 0 amide bonds. The standard InChI is InChI=1S/C20H17BrClFN6/c21-18-16(6-3-7-17-26-14-4-1-2-5-15(14)27-17)28-20(29-19(18)24)25-11-8-9-13(23)12(22)10-11/h1-2,4-5,8-10H,3,6-7H2,(H,26,27)(H3,24,25,28,29). The molecule has 4 aromatic rings. The van der Waals surface area contributed by atoms with Gasteiger partial charge in [0.2, 0.25) is 5.95 Å². The highest BCUT2D eigenvalue weighted by molar-refractivity contribution is 9.10. The van der Waals surface area contributed by atoms with Crippen LogP contribution in [0.4, 0.5) is 21.8 Å². The molecule has 2 aromatic heterocycles. The first-order valence-electron chi connectivity index (χ1n) is 8.97. The van der Waals surface area contributed by atoms with Gasteiger partial charge in [0.25, 0.3) is 0 Å². The lowest BCUT2D eigenvalue weighted by molar-refractivity contribution is 0.628. The molecule has 0 radical (unpaired) electrons. The molecule has 148 valence electrons. The summed E-state index contributed by atoms with van der Waals surface area (Å²) in [6, 6.07) is 12.2. The van der Waals surface area contributed by atoms with Gasteiger partial charge in [0.15, 0.2) is 0 Å². The van der Waals surface area contributed by atoms with E-state index in [1.807, 2.05) is 24.3 Å². The van der Waals surface area contributed by atoms with Gasteiger partial charge in [0, 0.05) is 12.1 Å². The van der Waals surface area contributed by atoms with Crippen molar-refractivity contribution in [2.75, 3.05) is 11.1 Å². The number of hydrogen-bond acceptors (Lipinski definition) is 5. The Bertz CT molecular complexity index is 1150. The quantitative estimate of drug-likeness (QED) is 0.347. The van der Waals surface area contributed by atoms with Crippen molar-refractivity contribution >= 4 is 56.0 Å². The minimum Gasteiger partial charge on any atom is -0.383 e. The number of nitrogens with zero attached hydrogens (tertiary/aromatic N) is 3. The molecule has 0 aliphatic heterocycles. The van der Waals surface area contributed by atoms with Crippen molar-refractivity contribution in [3.8, 4) is 0 Å². The highest BCUT2D eigenvalue weighted by Gasteiger charge is 2.12. The summed E-state index contributed by atoms with van der Waals surface area (Å²) in [6.45, 7) is 0. The van der Waals surface area contributed by atoms with E-state index in [2.05, 4.69) is 41.2 Å². The highest BCUT2D eigenvalue weighted by atomic mass is 79.9. The normalized spacial score (nSPS) is 11.1. The molecule has 0 saturated heterocycles. The Labute approximate surface area is 179 Å². The molecule has 0 aliphatic rings. The van der Waals surface area contributed by atoms with Gasteiger partial charge in [0.1, 0.15) is 17.5 Å². The summed E-state index contributed by atoms with van der Waals surface area (Å²) in [4.78, 5) is 16.7. The van der Waals surface area contributed by atoms with Gasteiger partial charge in [0.05, 0.1) is 26.2 Å². The number of H-pyrrole nitrogens is 1. The van der Waals surface area contributed by atoms with Crippen LogP contribution in [0.1, 0.15) is 17.9 Å². The molecule has 0 unspecified atom stereocenters. The van der Waals surface area contributed by atoms with Gasteiger partial charge in [-0.1, -0.05) is 23.7 Å². The number of aryl methyl sites for hydroxylation is 2. The number of nitrogens with one attached hydrogen (secondary N) is 2. The molecule has 2 aromatic carbocycles. The van der Waals surface area contributed by atoms with Crippen LogP contribution in [-0.2, 0) is 12.8 Å². The molecule has 4 N–H and O–H groups in total. The number of rotatable bonds is 6. The number of halogens is 3. The van der Waals surface area contributed by atoms with Crippen LogP contribution in [0.15, 0.2) is 46.9 Å². The highest BCUT2D eigenvalue weighted by Crippen LogP contribution is 2.27. The van der Waals surface area contributed by atoms with Crippen molar-refractivity contribution in [3.63, 3.8) is 0 Å². The molecule has 4 rings (SSSR count). The first kappa shape index (κ1) is 19.6. The van der Waals surface area contributed by atoms with E-state index >= 15 is 0 Å². The third kappa shape index (κ3) is 4.49. The number of aromatic amines is 1. The van der Waals surface area contributed by atoms with Gasteiger partial charge in [-0.25, -0.2) is 14.4 Å². The summed E-state index contributed by atoms with van der Waals surface area (Å²) < 4.78 is 14.0. The van der Waals surface area contributed by atoms with Gasteiger partial charge in [-0.2, -0.15) is 4.98 Å². The second-order valence-electron chi connectivity index (χ2n) is 6.50. The van der Waals surface area contributed by atoms with Gasteiger partial charge in [-0.15, -0.1) is 0 Å². The summed E-state index contributed by atoms with van der Waals surface area (Å²) >= 11 is 9.29. The van der Waals surface area contributed by atoms with Crippen LogP contribution >= 0.6 is 27.5 Å². The monoisotopic (exact) mass is 474 g/mol. The van der Waals surface area contributed by atoms with Crippen LogP contribution in [0, 0.1) is 5.82 Å². The van der Waals surface area contributed by atoms with Crippen molar-refractivity contribution in [1.29, 1.82) is 0 Å². The van der Waals surface area contributed by atoms with Crippen LogP contribution in [0.3, 0.4) is 0 Å². The largest absolute Gasteiger partial charge is 0.383 e. The van der Waals surface area contributed by atoms with Crippen molar-refractivity contribution in [2.45, 2.75) is 19.3 Å². The Morgan fingerprint density at radius 3 is 2.72 bits per heavy atom. The fourth-order valence-corrected chi connectivity index (χ4v) is 3.54. The van der Waals surface area contributed by atoms with Gasteiger partial charge in [-0.3, -0.25) is 0 Å². The maximum absolute atomic E-state index is 13.3. The van der Waals surface area contributed by atoms with Crippen molar-refractivity contribution in [3.05, 3.63) is 69.3 Å². The molecule has 2 heterocycles. The number of imidazole rings is 1. The summed E-state index contributed by atoms with van der Waals surface area (Å²) in [7, 11) is 0. The Kier molecular flexibility index (Phi) is 5.64. The summed E-state index contributed by atoms with van der Waals surface area (Å²) in [6.07, 6.45) is 2.29. The number of para-hydroxylation sites is 2. The van der Waals surface area contributed by atoms with Gasteiger partial charge >= 0.3 is 0 Å². The third-order valence-electron chi connectivity index (χ3n) is 4.39. The second-order valence-corrected chi connectivity index (χ2v) is 7.70. The molecule has 9 heteroatoms. The predicted octanol–water partition coefficient (Wildman–Crippen LogP) is 5.41. The number of aromatic nitrogens is 4. The van der Waals surface area contributed by atoms with Crippen LogP contribution in [0.5, 0.6) is 0 Å². The van der Waals surface area contributed by atoms with E-state index in [0.717, 1.165) is 35.4 Å². The summed E-state index contributed by atoms with van der Waals surface area (Å²) in [5.74, 6) is 1.10. The van der Waals surface area contributed by atoms with Crippen molar-refractivity contribution in [1.82, 2.24) is 19.9 Å². The average molecular weight is 476 g/mol. The molecule has 0 saturated carbocycles. The number of benzene rings is 2. The fourth-order valence-electron chi connectivity index (χ4n) is 2.98. The zero-order chi connectivity index (χ0) is 20.4. The molecule has 0 aliphatic carbocycles.